The number of hydrogen-bond acceptors (Lipinski definition) is 3. The molecule has 3 aromatic rings. The lowest BCUT2D eigenvalue weighted by Gasteiger charge is -2.15. The summed E-state index contributed by atoms with van der Waals surface area (Å²) in [6.07, 6.45) is 0. The molecular weight excluding hydrogens is 354 g/mol. The van der Waals surface area contributed by atoms with Crippen LogP contribution in [-0.4, -0.2) is 13.0 Å². The third-order valence-corrected chi connectivity index (χ3v) is 5.39. The number of benzene rings is 3. The number of thioether (sulfide) groups is 1. The molecule has 27 heavy (non-hydrogen) atoms. The highest BCUT2D eigenvalue weighted by atomic mass is 32.2. The van der Waals surface area contributed by atoms with Crippen LogP contribution < -0.4 is 10.1 Å². The summed E-state index contributed by atoms with van der Waals surface area (Å²) in [6.45, 7) is 1.99. The quantitative estimate of drug-likeness (QED) is 0.554. The first kappa shape index (κ1) is 19.1. The molecule has 138 valence electrons. The number of ether oxygens (including phenoxy) is 1. The largest absolute Gasteiger partial charge is 0.496 e. The third-order valence-electron chi connectivity index (χ3n) is 4.33. The van der Waals surface area contributed by atoms with Crippen LogP contribution >= 0.6 is 11.8 Å². The van der Waals surface area contributed by atoms with Crippen LogP contribution in [0.15, 0.2) is 83.8 Å². The van der Waals surface area contributed by atoms with Crippen LogP contribution in [0.4, 0.5) is 0 Å². The van der Waals surface area contributed by atoms with Gasteiger partial charge in [0.25, 0.3) is 5.91 Å². The molecule has 0 bridgehead atoms. The van der Waals surface area contributed by atoms with Gasteiger partial charge in [-0.2, -0.15) is 0 Å². The molecule has 0 fully saturated rings. The van der Waals surface area contributed by atoms with Crippen LogP contribution in [0.1, 0.15) is 34.5 Å². The monoisotopic (exact) mass is 377 g/mol. The lowest BCUT2D eigenvalue weighted by Crippen LogP contribution is -2.26. The van der Waals surface area contributed by atoms with E-state index in [1.165, 1.54) is 4.90 Å². The molecule has 0 aliphatic carbocycles. The number of methoxy groups -OCH3 is 1. The van der Waals surface area contributed by atoms with Crippen LogP contribution in [0, 0.1) is 0 Å². The van der Waals surface area contributed by atoms with E-state index < -0.39 is 0 Å². The van der Waals surface area contributed by atoms with Crippen LogP contribution in [0.2, 0.25) is 0 Å². The molecule has 3 aromatic carbocycles. The van der Waals surface area contributed by atoms with Gasteiger partial charge in [0.15, 0.2) is 0 Å². The molecule has 1 atom stereocenters. The van der Waals surface area contributed by atoms with Crippen molar-refractivity contribution < 1.29 is 9.53 Å². The SMILES string of the molecule is COc1ccc(C(=O)N[C@@H](C)c2ccccc2)cc1CSc1ccccc1. The summed E-state index contributed by atoms with van der Waals surface area (Å²) in [5.41, 5.74) is 2.73. The van der Waals surface area contributed by atoms with Gasteiger partial charge >= 0.3 is 0 Å². The fraction of sp³-hybridized carbons (Fsp3) is 0.174. The smallest absolute Gasteiger partial charge is 0.251 e. The van der Waals surface area contributed by atoms with E-state index in [4.69, 9.17) is 4.74 Å². The molecule has 0 radical (unpaired) electrons. The summed E-state index contributed by atoms with van der Waals surface area (Å²) >= 11 is 1.72. The van der Waals surface area contributed by atoms with Crippen molar-refractivity contribution in [3.8, 4) is 5.75 Å². The Hall–Kier alpha value is -2.72. The Kier molecular flexibility index (Phi) is 6.55. The molecule has 0 aromatic heterocycles. The van der Waals surface area contributed by atoms with Crippen molar-refractivity contribution in [2.45, 2.75) is 23.6 Å². The summed E-state index contributed by atoms with van der Waals surface area (Å²) in [5, 5.41) is 3.06. The molecule has 0 heterocycles. The Morgan fingerprint density at radius 2 is 1.67 bits per heavy atom. The maximum Gasteiger partial charge on any atom is 0.251 e. The van der Waals surface area contributed by atoms with E-state index in [0.717, 1.165) is 22.6 Å². The van der Waals surface area contributed by atoms with E-state index in [1.54, 1.807) is 18.9 Å². The molecule has 0 spiro atoms. The van der Waals surface area contributed by atoms with Gasteiger partial charge in [-0.05, 0) is 42.8 Å². The highest BCUT2D eigenvalue weighted by Crippen LogP contribution is 2.29. The standard InChI is InChI=1S/C23H23NO2S/c1-17(18-9-5-3-6-10-18)24-23(25)19-13-14-22(26-2)20(15-19)16-27-21-11-7-4-8-12-21/h3-15,17H,16H2,1-2H3,(H,24,25)/t17-/m0/s1. The van der Waals surface area contributed by atoms with Crippen molar-refractivity contribution in [2.24, 2.45) is 0 Å². The zero-order valence-electron chi connectivity index (χ0n) is 15.5. The molecule has 0 aliphatic heterocycles. The van der Waals surface area contributed by atoms with Gasteiger partial charge < -0.3 is 10.1 Å². The second-order valence-electron chi connectivity index (χ2n) is 6.23. The van der Waals surface area contributed by atoms with E-state index in [2.05, 4.69) is 17.4 Å². The molecule has 3 nitrogen and oxygen atoms in total. The van der Waals surface area contributed by atoms with Gasteiger partial charge in [0.1, 0.15) is 5.75 Å². The summed E-state index contributed by atoms with van der Waals surface area (Å²) in [6, 6.07) is 25.7. The summed E-state index contributed by atoms with van der Waals surface area (Å²) < 4.78 is 5.47. The molecule has 1 N–H and O–H groups in total. The van der Waals surface area contributed by atoms with E-state index in [-0.39, 0.29) is 11.9 Å². The molecule has 0 saturated carbocycles. The van der Waals surface area contributed by atoms with Crippen molar-refractivity contribution in [1.29, 1.82) is 0 Å². The topological polar surface area (TPSA) is 38.3 Å². The van der Waals surface area contributed by atoms with Crippen molar-refractivity contribution in [3.63, 3.8) is 0 Å². The fourth-order valence-corrected chi connectivity index (χ4v) is 3.71. The van der Waals surface area contributed by atoms with E-state index in [9.17, 15) is 4.79 Å². The Labute approximate surface area is 164 Å². The Morgan fingerprint density at radius 3 is 2.33 bits per heavy atom. The molecule has 0 aliphatic rings. The zero-order chi connectivity index (χ0) is 19.1. The van der Waals surface area contributed by atoms with Gasteiger partial charge in [0.05, 0.1) is 13.2 Å². The van der Waals surface area contributed by atoms with Crippen molar-refractivity contribution in [3.05, 3.63) is 95.6 Å². The molecule has 4 heteroatoms. The van der Waals surface area contributed by atoms with Gasteiger partial charge in [0.2, 0.25) is 0 Å². The molecule has 0 saturated heterocycles. The average molecular weight is 378 g/mol. The molecule has 0 unspecified atom stereocenters. The van der Waals surface area contributed by atoms with E-state index in [1.807, 2.05) is 73.7 Å². The van der Waals surface area contributed by atoms with Gasteiger partial charge in [-0.3, -0.25) is 4.79 Å². The molecule has 3 rings (SSSR count). The summed E-state index contributed by atoms with van der Waals surface area (Å²) in [4.78, 5) is 13.9. The summed E-state index contributed by atoms with van der Waals surface area (Å²) in [7, 11) is 1.66. The van der Waals surface area contributed by atoms with Gasteiger partial charge in [0, 0.05) is 21.8 Å². The Morgan fingerprint density at radius 1 is 1.00 bits per heavy atom. The minimum absolute atomic E-state index is 0.0528. The highest BCUT2D eigenvalue weighted by molar-refractivity contribution is 7.98. The van der Waals surface area contributed by atoms with Crippen molar-refractivity contribution in [2.75, 3.05) is 7.11 Å². The Balaban J connectivity index is 1.72. The van der Waals surface area contributed by atoms with E-state index >= 15 is 0 Å². The number of rotatable bonds is 7. The Bertz CT molecular complexity index is 881. The minimum Gasteiger partial charge on any atom is -0.496 e. The second-order valence-corrected chi connectivity index (χ2v) is 7.28. The summed E-state index contributed by atoms with van der Waals surface area (Å²) in [5.74, 6) is 1.45. The van der Waals surface area contributed by atoms with E-state index in [0.29, 0.717) is 5.56 Å². The molecule has 1 amide bonds. The first-order chi connectivity index (χ1) is 13.2. The van der Waals surface area contributed by atoms with Gasteiger partial charge in [-0.15, -0.1) is 11.8 Å². The predicted molar refractivity (Wildman–Crippen MR) is 111 cm³/mol. The number of amides is 1. The first-order valence-electron chi connectivity index (χ1n) is 8.88. The number of nitrogens with one attached hydrogen (secondary N) is 1. The molecular formula is C23H23NO2S. The van der Waals surface area contributed by atoms with Crippen LogP contribution in [0.25, 0.3) is 0 Å². The number of hydrogen-bond donors (Lipinski definition) is 1. The zero-order valence-corrected chi connectivity index (χ0v) is 16.3. The number of carbonyl (C=O) groups is 1. The highest BCUT2D eigenvalue weighted by Gasteiger charge is 2.14. The van der Waals surface area contributed by atoms with Crippen LogP contribution in [0.3, 0.4) is 0 Å². The minimum atomic E-state index is -0.0834. The maximum atomic E-state index is 12.7. The maximum absolute atomic E-state index is 12.7. The second kappa shape index (κ2) is 9.28. The number of carbonyl (C=O) groups excluding carboxylic acids is 1. The van der Waals surface area contributed by atoms with Gasteiger partial charge in [-0.1, -0.05) is 48.5 Å². The predicted octanol–water partition coefficient (Wildman–Crippen LogP) is 5.48. The lowest BCUT2D eigenvalue weighted by atomic mass is 10.1. The van der Waals surface area contributed by atoms with Crippen molar-refractivity contribution >= 4 is 17.7 Å². The van der Waals surface area contributed by atoms with Crippen LogP contribution in [-0.2, 0) is 5.75 Å². The van der Waals surface area contributed by atoms with Gasteiger partial charge in [-0.25, -0.2) is 0 Å². The van der Waals surface area contributed by atoms with Crippen LogP contribution in [0.5, 0.6) is 5.75 Å². The van der Waals surface area contributed by atoms with Crippen molar-refractivity contribution in [1.82, 2.24) is 5.32 Å². The first-order valence-corrected chi connectivity index (χ1v) is 9.86. The average Bonchev–Trinajstić information content (AvgIpc) is 2.73. The fourth-order valence-electron chi connectivity index (χ4n) is 2.82. The lowest BCUT2D eigenvalue weighted by molar-refractivity contribution is 0.0939. The third kappa shape index (κ3) is 5.14. The normalized spacial score (nSPS) is 11.6.